The Bertz CT molecular complexity index is 1090. The van der Waals surface area contributed by atoms with Crippen LogP contribution in [0.4, 0.5) is 10.8 Å². The monoisotopic (exact) mass is 407 g/mol. The van der Waals surface area contributed by atoms with Crippen LogP contribution in [0.1, 0.15) is 11.1 Å². The number of nitrogens with zero attached hydrogens (tertiary/aromatic N) is 2. The van der Waals surface area contributed by atoms with Crippen molar-refractivity contribution in [2.45, 2.75) is 6.42 Å². The largest absolute Gasteiger partial charge is 0.493 e. The summed E-state index contributed by atoms with van der Waals surface area (Å²) in [6, 6.07) is 11.8. The molecule has 1 aromatic heterocycles. The molecule has 0 spiro atoms. The Hall–Kier alpha value is -2.90. The van der Waals surface area contributed by atoms with E-state index in [2.05, 4.69) is 16.3 Å². The van der Waals surface area contributed by atoms with E-state index in [9.17, 15) is 4.79 Å². The van der Waals surface area contributed by atoms with Crippen molar-refractivity contribution >= 4 is 44.4 Å². The minimum absolute atomic E-state index is 0.154. The fraction of sp³-hybridized carbons (Fsp3) is 0.273. The summed E-state index contributed by atoms with van der Waals surface area (Å²) >= 11 is 1.64. The minimum Gasteiger partial charge on any atom is -0.493 e. The van der Waals surface area contributed by atoms with Gasteiger partial charge < -0.3 is 19.7 Å². The zero-order valence-corrected chi connectivity index (χ0v) is 16.7. The molecule has 0 atom stereocenters. The summed E-state index contributed by atoms with van der Waals surface area (Å²) in [6.07, 6.45) is 4.31. The average molecular weight is 407 g/mol. The zero-order chi connectivity index (χ0) is 19.6. The van der Waals surface area contributed by atoms with Crippen LogP contribution in [0.15, 0.2) is 42.5 Å². The molecule has 0 radical (unpaired) electrons. The highest BCUT2D eigenvalue weighted by atomic mass is 32.1. The number of morpholine rings is 1. The molecule has 7 heteroatoms. The number of anilines is 2. The molecule has 2 aliphatic rings. The molecule has 2 aromatic carbocycles. The highest BCUT2D eigenvalue weighted by Crippen LogP contribution is 2.31. The quantitative estimate of drug-likeness (QED) is 0.668. The third kappa shape index (κ3) is 3.97. The first-order chi connectivity index (χ1) is 14.2. The Morgan fingerprint density at radius 3 is 2.93 bits per heavy atom. The molecule has 5 rings (SSSR count). The van der Waals surface area contributed by atoms with Gasteiger partial charge in [-0.1, -0.05) is 17.4 Å². The van der Waals surface area contributed by atoms with Gasteiger partial charge in [0.15, 0.2) is 5.13 Å². The number of benzene rings is 2. The predicted molar refractivity (Wildman–Crippen MR) is 116 cm³/mol. The molecule has 3 aromatic rings. The number of amides is 1. The van der Waals surface area contributed by atoms with Crippen molar-refractivity contribution in [2.75, 3.05) is 43.1 Å². The van der Waals surface area contributed by atoms with Crippen LogP contribution in [0, 0.1) is 0 Å². The molecule has 1 fully saturated rings. The third-order valence-electron chi connectivity index (χ3n) is 5.07. The molecule has 6 nitrogen and oxygen atoms in total. The van der Waals surface area contributed by atoms with E-state index in [0.717, 1.165) is 71.7 Å². The second kappa shape index (κ2) is 7.85. The molecule has 0 bridgehead atoms. The maximum absolute atomic E-state index is 12.4. The number of hydrogen-bond donors (Lipinski definition) is 1. The molecule has 1 saturated heterocycles. The second-order valence-electron chi connectivity index (χ2n) is 7.07. The fourth-order valence-electron chi connectivity index (χ4n) is 3.55. The summed E-state index contributed by atoms with van der Waals surface area (Å²) in [5.41, 5.74) is 3.91. The summed E-state index contributed by atoms with van der Waals surface area (Å²) in [5.74, 6) is 0.792. The van der Waals surface area contributed by atoms with Crippen LogP contribution in [0.2, 0.25) is 0 Å². The van der Waals surface area contributed by atoms with Crippen LogP contribution in [-0.4, -0.2) is 43.8 Å². The van der Waals surface area contributed by atoms with Gasteiger partial charge in [0.2, 0.25) is 5.91 Å². The van der Waals surface area contributed by atoms with Crippen molar-refractivity contribution in [1.82, 2.24) is 4.98 Å². The first kappa shape index (κ1) is 18.1. The Labute approximate surface area is 172 Å². The van der Waals surface area contributed by atoms with Gasteiger partial charge in [0.25, 0.3) is 0 Å². The van der Waals surface area contributed by atoms with Gasteiger partial charge in [0.1, 0.15) is 5.75 Å². The van der Waals surface area contributed by atoms with Gasteiger partial charge in [0, 0.05) is 31.3 Å². The highest BCUT2D eigenvalue weighted by Gasteiger charge is 2.16. The number of ether oxygens (including phenoxy) is 2. The predicted octanol–water partition coefficient (Wildman–Crippen LogP) is 3.72. The standard InChI is InChI=1S/C22H21N3O3S/c26-21(6-2-15-1-5-19-16(13-15)7-10-28-19)23-17-3-4-18-20(14-17)29-22(24-18)25-8-11-27-12-9-25/h1-6,13-14H,7-12H2,(H,23,26)/b6-2+. The fourth-order valence-corrected chi connectivity index (χ4v) is 4.60. The maximum atomic E-state index is 12.4. The molecular weight excluding hydrogens is 386 g/mol. The van der Waals surface area contributed by atoms with E-state index < -0.39 is 0 Å². The van der Waals surface area contributed by atoms with Gasteiger partial charge >= 0.3 is 0 Å². The molecule has 2 aliphatic heterocycles. The van der Waals surface area contributed by atoms with Crippen LogP contribution in [0.3, 0.4) is 0 Å². The van der Waals surface area contributed by atoms with Crippen molar-refractivity contribution in [2.24, 2.45) is 0 Å². The summed E-state index contributed by atoms with van der Waals surface area (Å²) in [7, 11) is 0. The van der Waals surface area contributed by atoms with Crippen molar-refractivity contribution in [1.29, 1.82) is 0 Å². The van der Waals surface area contributed by atoms with Crippen molar-refractivity contribution in [3.63, 3.8) is 0 Å². The smallest absolute Gasteiger partial charge is 0.248 e. The lowest BCUT2D eigenvalue weighted by molar-refractivity contribution is -0.111. The Morgan fingerprint density at radius 1 is 1.14 bits per heavy atom. The van der Waals surface area contributed by atoms with E-state index in [1.807, 2.05) is 36.4 Å². The van der Waals surface area contributed by atoms with E-state index in [-0.39, 0.29) is 5.91 Å². The second-order valence-corrected chi connectivity index (χ2v) is 8.08. The number of fused-ring (bicyclic) bond motifs is 2. The lowest BCUT2D eigenvalue weighted by atomic mass is 10.1. The molecule has 29 heavy (non-hydrogen) atoms. The Kier molecular flexibility index (Phi) is 4.91. The third-order valence-corrected chi connectivity index (χ3v) is 6.15. The number of carbonyl (C=O) groups excluding carboxylic acids is 1. The number of thiazole rings is 1. The first-order valence-corrected chi connectivity index (χ1v) is 10.5. The van der Waals surface area contributed by atoms with E-state index in [1.54, 1.807) is 17.4 Å². The molecule has 1 amide bonds. The van der Waals surface area contributed by atoms with Crippen LogP contribution in [0.25, 0.3) is 16.3 Å². The average Bonchev–Trinajstić information content (AvgIpc) is 3.39. The van der Waals surface area contributed by atoms with E-state index >= 15 is 0 Å². The van der Waals surface area contributed by atoms with Crippen molar-refractivity contribution < 1.29 is 14.3 Å². The molecule has 148 valence electrons. The number of aromatic nitrogens is 1. The van der Waals surface area contributed by atoms with E-state index in [4.69, 9.17) is 14.5 Å². The molecule has 3 heterocycles. The van der Waals surface area contributed by atoms with Crippen molar-refractivity contribution in [3.8, 4) is 5.75 Å². The van der Waals surface area contributed by atoms with Gasteiger partial charge in [-0.25, -0.2) is 4.98 Å². The molecular formula is C22H21N3O3S. The number of rotatable bonds is 4. The molecule has 1 N–H and O–H groups in total. The minimum atomic E-state index is -0.154. The summed E-state index contributed by atoms with van der Waals surface area (Å²) in [5, 5.41) is 3.95. The number of nitrogens with one attached hydrogen (secondary N) is 1. The topological polar surface area (TPSA) is 63.7 Å². The van der Waals surface area contributed by atoms with Crippen LogP contribution in [-0.2, 0) is 16.0 Å². The van der Waals surface area contributed by atoms with E-state index in [1.165, 1.54) is 5.56 Å². The first-order valence-electron chi connectivity index (χ1n) is 9.73. The molecule has 0 unspecified atom stereocenters. The lowest BCUT2D eigenvalue weighted by Crippen LogP contribution is -2.36. The van der Waals surface area contributed by atoms with Gasteiger partial charge in [-0.2, -0.15) is 0 Å². The van der Waals surface area contributed by atoms with Gasteiger partial charge in [0.05, 0.1) is 30.0 Å². The highest BCUT2D eigenvalue weighted by molar-refractivity contribution is 7.22. The number of carbonyl (C=O) groups is 1. The van der Waals surface area contributed by atoms with Gasteiger partial charge in [-0.05, 0) is 47.5 Å². The Balaban J connectivity index is 1.27. The zero-order valence-electron chi connectivity index (χ0n) is 15.9. The Morgan fingerprint density at radius 2 is 2.03 bits per heavy atom. The van der Waals surface area contributed by atoms with Crippen LogP contribution in [0.5, 0.6) is 5.75 Å². The lowest BCUT2D eigenvalue weighted by Gasteiger charge is -2.25. The molecule has 0 saturated carbocycles. The van der Waals surface area contributed by atoms with Crippen LogP contribution >= 0.6 is 11.3 Å². The summed E-state index contributed by atoms with van der Waals surface area (Å²) in [4.78, 5) is 19.3. The summed E-state index contributed by atoms with van der Waals surface area (Å²) < 4.78 is 12.0. The molecule has 0 aliphatic carbocycles. The maximum Gasteiger partial charge on any atom is 0.248 e. The normalized spacial score (nSPS) is 16.2. The number of hydrogen-bond acceptors (Lipinski definition) is 6. The SMILES string of the molecule is O=C(/C=C/c1ccc2c(c1)CCO2)Nc1ccc2nc(N3CCOCC3)sc2c1. The van der Waals surface area contributed by atoms with Crippen molar-refractivity contribution in [3.05, 3.63) is 53.6 Å². The van der Waals surface area contributed by atoms with Crippen LogP contribution < -0.4 is 15.0 Å². The summed E-state index contributed by atoms with van der Waals surface area (Å²) in [6.45, 7) is 3.93. The van der Waals surface area contributed by atoms with Gasteiger partial charge in [-0.3, -0.25) is 4.79 Å². The van der Waals surface area contributed by atoms with E-state index in [0.29, 0.717) is 0 Å². The van der Waals surface area contributed by atoms with Gasteiger partial charge in [-0.15, -0.1) is 0 Å².